The van der Waals surface area contributed by atoms with Crippen molar-refractivity contribution in [1.82, 2.24) is 0 Å². The van der Waals surface area contributed by atoms with E-state index in [9.17, 15) is 39.5 Å². The van der Waals surface area contributed by atoms with Gasteiger partial charge in [0, 0.05) is 7.11 Å². The molecule has 0 bridgehead atoms. The maximum Gasteiger partial charge on any atom is 0.425 e. The van der Waals surface area contributed by atoms with Crippen LogP contribution in [0.1, 0.15) is 0 Å². The molecule has 0 N–H and O–H groups in total. The van der Waals surface area contributed by atoms with Crippen LogP contribution in [0.25, 0.3) is 0 Å². The molecule has 0 amide bonds. The van der Waals surface area contributed by atoms with E-state index in [1.807, 2.05) is 0 Å². The van der Waals surface area contributed by atoms with Gasteiger partial charge in [-0.2, -0.15) is 35.1 Å². The first-order valence-corrected chi connectivity index (χ1v) is 3.50. The number of alkyl halides is 9. The highest BCUT2D eigenvalue weighted by Gasteiger charge is 2.81. The summed E-state index contributed by atoms with van der Waals surface area (Å²) in [6.45, 7) is -3.21. The van der Waals surface area contributed by atoms with Crippen LogP contribution in [0.4, 0.5) is 39.5 Å². The van der Waals surface area contributed by atoms with Crippen molar-refractivity contribution in [3.8, 4) is 0 Å². The molecule has 0 spiro atoms. The molecule has 0 heterocycles. The lowest BCUT2D eigenvalue weighted by Crippen LogP contribution is -2.63. The molecule has 10 heteroatoms. The van der Waals surface area contributed by atoms with Crippen LogP contribution in [0.5, 0.6) is 0 Å². The van der Waals surface area contributed by atoms with E-state index < -0.39 is 30.6 Å². The van der Waals surface area contributed by atoms with Gasteiger partial charge in [0.1, 0.15) is 0 Å². The van der Waals surface area contributed by atoms with E-state index in [1.54, 1.807) is 0 Å². The van der Waals surface area contributed by atoms with E-state index in [0.29, 0.717) is 0 Å². The van der Waals surface area contributed by atoms with E-state index in [2.05, 4.69) is 4.74 Å². The number of halogens is 9. The van der Waals surface area contributed by atoms with Crippen molar-refractivity contribution < 1.29 is 44.3 Å². The Morgan fingerprint density at radius 3 is 1.44 bits per heavy atom. The quantitative estimate of drug-likeness (QED) is 0.693. The molecule has 0 atom stereocenters. The van der Waals surface area contributed by atoms with Crippen LogP contribution < -0.4 is 0 Å². The molecule has 0 radical (unpaired) electrons. The minimum Gasteiger partial charge on any atom is -0.319 e. The summed E-state index contributed by atoms with van der Waals surface area (Å²) in [6.07, 6.45) is -5.85. The zero-order valence-electron chi connectivity index (χ0n) is 7.52. The van der Waals surface area contributed by atoms with Gasteiger partial charge in [0.2, 0.25) is 0 Å². The second-order valence-electron chi connectivity index (χ2n) is 2.71. The Labute approximate surface area is 83.2 Å². The first-order valence-electron chi connectivity index (χ1n) is 3.50. The zero-order valence-corrected chi connectivity index (χ0v) is 7.52. The van der Waals surface area contributed by atoms with Crippen LogP contribution in [0.3, 0.4) is 0 Å². The van der Waals surface area contributed by atoms with Crippen LogP contribution in [0.15, 0.2) is 0 Å². The van der Waals surface area contributed by atoms with Crippen molar-refractivity contribution in [2.45, 2.75) is 23.9 Å². The normalized spacial score (nSPS) is 15.4. The highest BCUT2D eigenvalue weighted by atomic mass is 19.4. The summed E-state index contributed by atoms with van der Waals surface area (Å²) >= 11 is 0. The maximum absolute atomic E-state index is 12.4. The van der Waals surface area contributed by atoms with Gasteiger partial charge in [-0.15, -0.1) is 0 Å². The molecule has 0 unspecified atom stereocenters. The van der Waals surface area contributed by atoms with E-state index in [-0.39, 0.29) is 7.11 Å². The van der Waals surface area contributed by atoms with Crippen molar-refractivity contribution in [1.29, 1.82) is 0 Å². The number of hydrogen-bond donors (Lipinski definition) is 0. The third kappa shape index (κ3) is 1.94. The minimum atomic E-state index is -6.59. The fourth-order valence-corrected chi connectivity index (χ4v) is 0.625. The Kier molecular flexibility index (Phi) is 3.80. The molecule has 0 saturated carbocycles. The van der Waals surface area contributed by atoms with E-state index in [0.717, 1.165) is 0 Å². The summed E-state index contributed by atoms with van der Waals surface area (Å²) in [7, 11) is -0.0857. The fourth-order valence-electron chi connectivity index (χ4n) is 0.625. The van der Waals surface area contributed by atoms with Gasteiger partial charge >= 0.3 is 23.9 Å². The SMILES string of the molecule is COC(F)(F)C(F)(F)C(F)(F)C(F)(F)CF. The molecule has 0 rings (SSSR count). The largest absolute Gasteiger partial charge is 0.425 e. The lowest BCUT2D eigenvalue weighted by molar-refractivity contribution is -0.423. The summed E-state index contributed by atoms with van der Waals surface area (Å²) < 4.78 is 112. The van der Waals surface area contributed by atoms with Gasteiger partial charge in [-0.3, -0.25) is 0 Å². The molecule has 0 aliphatic rings. The van der Waals surface area contributed by atoms with Gasteiger partial charge in [-0.1, -0.05) is 0 Å². The molecule has 0 aromatic carbocycles. The monoisotopic (exact) mass is 264 g/mol. The first kappa shape index (κ1) is 15.3. The topological polar surface area (TPSA) is 9.23 Å². The average Bonchev–Trinajstić information content (AvgIpc) is 2.16. The van der Waals surface area contributed by atoms with Gasteiger partial charge in [0.05, 0.1) is 0 Å². The van der Waals surface area contributed by atoms with E-state index in [4.69, 9.17) is 0 Å². The number of hydrogen-bond acceptors (Lipinski definition) is 1. The fraction of sp³-hybridized carbons (Fsp3) is 1.00. The molecule has 0 aliphatic heterocycles. The maximum atomic E-state index is 12.4. The lowest BCUT2D eigenvalue weighted by Gasteiger charge is -2.34. The van der Waals surface area contributed by atoms with Crippen LogP contribution >= 0.6 is 0 Å². The minimum absolute atomic E-state index is 0.0857. The molecule has 16 heavy (non-hydrogen) atoms. The number of rotatable bonds is 5. The molecule has 0 aliphatic carbocycles. The smallest absolute Gasteiger partial charge is 0.319 e. The first-order chi connectivity index (χ1) is 6.87. The second-order valence-corrected chi connectivity index (χ2v) is 2.71. The lowest BCUT2D eigenvalue weighted by atomic mass is 10.0. The second kappa shape index (κ2) is 3.97. The van der Waals surface area contributed by atoms with E-state index in [1.165, 1.54) is 0 Å². The predicted octanol–water partition coefficient (Wildman–Crippen LogP) is 3.10. The molecule has 0 saturated heterocycles. The average molecular weight is 264 g/mol. The van der Waals surface area contributed by atoms with Gasteiger partial charge in [-0.05, 0) is 0 Å². The van der Waals surface area contributed by atoms with Crippen LogP contribution in [-0.4, -0.2) is 37.7 Å². The molecular weight excluding hydrogens is 259 g/mol. The Bertz CT molecular complexity index is 222. The predicted molar refractivity (Wildman–Crippen MR) is 32.8 cm³/mol. The van der Waals surface area contributed by atoms with Crippen LogP contribution in [0.2, 0.25) is 0 Å². The third-order valence-corrected chi connectivity index (χ3v) is 1.64. The standard InChI is InChI=1S/C6H5F9O/c1-16-6(14,15)5(12,13)4(10,11)3(8,9)2-7/h2H2,1H3. The van der Waals surface area contributed by atoms with Crippen molar-refractivity contribution >= 4 is 0 Å². The summed E-state index contributed by atoms with van der Waals surface area (Å²) in [4.78, 5) is 0. The summed E-state index contributed by atoms with van der Waals surface area (Å²) in [5, 5.41) is 0. The zero-order chi connectivity index (χ0) is 13.4. The Morgan fingerprint density at radius 1 is 0.812 bits per heavy atom. The third-order valence-electron chi connectivity index (χ3n) is 1.64. The van der Waals surface area contributed by atoms with Crippen LogP contribution in [-0.2, 0) is 4.74 Å². The van der Waals surface area contributed by atoms with Gasteiger partial charge in [0.15, 0.2) is 6.67 Å². The molecule has 0 fully saturated rings. The van der Waals surface area contributed by atoms with Gasteiger partial charge in [-0.25, -0.2) is 4.39 Å². The molecule has 98 valence electrons. The Hall–Kier alpha value is -0.670. The highest BCUT2D eigenvalue weighted by Crippen LogP contribution is 2.52. The summed E-state index contributed by atoms with van der Waals surface area (Å²) in [5.74, 6) is -19.1. The number of ether oxygens (including phenoxy) is 1. The van der Waals surface area contributed by atoms with Crippen molar-refractivity contribution in [2.75, 3.05) is 13.8 Å². The van der Waals surface area contributed by atoms with Crippen molar-refractivity contribution in [3.63, 3.8) is 0 Å². The molecule has 1 nitrogen and oxygen atoms in total. The molecule has 0 aromatic rings. The Morgan fingerprint density at radius 2 is 1.19 bits per heavy atom. The highest BCUT2D eigenvalue weighted by molar-refractivity contribution is 5.00. The van der Waals surface area contributed by atoms with Gasteiger partial charge < -0.3 is 4.74 Å². The van der Waals surface area contributed by atoms with E-state index >= 15 is 0 Å². The summed E-state index contributed by atoms with van der Waals surface area (Å²) in [6, 6.07) is 0. The molecular formula is C6H5F9O. The van der Waals surface area contributed by atoms with Gasteiger partial charge in [0.25, 0.3) is 0 Å². The van der Waals surface area contributed by atoms with Crippen molar-refractivity contribution in [2.24, 2.45) is 0 Å². The summed E-state index contributed by atoms with van der Waals surface area (Å²) in [5.41, 5.74) is 0. The molecule has 0 aromatic heterocycles. The van der Waals surface area contributed by atoms with Crippen molar-refractivity contribution in [3.05, 3.63) is 0 Å². The number of methoxy groups -OCH3 is 1. The van der Waals surface area contributed by atoms with Crippen LogP contribution in [0, 0.1) is 0 Å². The Balaban J connectivity index is 5.46.